The fourth-order valence-electron chi connectivity index (χ4n) is 2.39. The standard InChI is InChI=1S/C12H13N5O3/c13-10(18)1-2-11-14-3-4-16(11)8-5-9-7-15(6-8)12(19)17(9)20/h1-5,9,20H,6-7H2,(H2,13,18). The number of fused-ring (bicyclic) bond motifs is 2. The van der Waals surface area contributed by atoms with E-state index in [0.717, 1.165) is 10.8 Å². The van der Waals surface area contributed by atoms with Gasteiger partial charge >= 0.3 is 6.03 Å². The average molecular weight is 275 g/mol. The first-order chi connectivity index (χ1) is 9.56. The van der Waals surface area contributed by atoms with Gasteiger partial charge in [0.2, 0.25) is 5.91 Å². The number of nitrogens with two attached hydrogens (primary N) is 1. The number of primary amides is 1. The number of hydrogen-bond acceptors (Lipinski definition) is 4. The van der Waals surface area contributed by atoms with Crippen LogP contribution in [0.2, 0.25) is 0 Å². The zero-order valence-electron chi connectivity index (χ0n) is 10.5. The molecule has 1 unspecified atom stereocenters. The van der Waals surface area contributed by atoms with Crippen LogP contribution in [0.15, 0.2) is 24.5 Å². The molecule has 0 spiro atoms. The van der Waals surface area contributed by atoms with Gasteiger partial charge in [-0.15, -0.1) is 0 Å². The highest BCUT2D eigenvalue weighted by Gasteiger charge is 2.39. The van der Waals surface area contributed by atoms with E-state index in [2.05, 4.69) is 4.98 Å². The molecule has 1 saturated heterocycles. The Balaban J connectivity index is 1.92. The van der Waals surface area contributed by atoms with Gasteiger partial charge in [-0.25, -0.2) is 9.78 Å². The van der Waals surface area contributed by atoms with E-state index in [1.54, 1.807) is 21.9 Å². The highest BCUT2D eigenvalue weighted by atomic mass is 16.5. The SMILES string of the molecule is NC(=O)C=Cc1nccn1C1=CC2CN(C1)C(=O)N2O. The summed E-state index contributed by atoms with van der Waals surface area (Å²) in [6, 6.07) is -0.766. The van der Waals surface area contributed by atoms with Gasteiger partial charge < -0.3 is 15.2 Å². The first kappa shape index (κ1) is 12.4. The minimum absolute atomic E-state index is 0.360. The van der Waals surface area contributed by atoms with Crippen LogP contribution in [0.3, 0.4) is 0 Å². The minimum Gasteiger partial charge on any atom is -0.366 e. The minimum atomic E-state index is -0.558. The number of amides is 3. The van der Waals surface area contributed by atoms with E-state index in [1.807, 2.05) is 6.08 Å². The molecular formula is C12H13N5O3. The van der Waals surface area contributed by atoms with E-state index < -0.39 is 11.9 Å². The number of hydrogen-bond donors (Lipinski definition) is 2. The molecule has 0 radical (unpaired) electrons. The maximum Gasteiger partial charge on any atom is 0.344 e. The molecule has 0 saturated carbocycles. The Kier molecular flexibility index (Phi) is 2.79. The fraction of sp³-hybridized carbons (Fsp3) is 0.250. The molecule has 104 valence electrons. The lowest BCUT2D eigenvalue weighted by Crippen LogP contribution is -2.31. The molecule has 2 aliphatic heterocycles. The monoisotopic (exact) mass is 275 g/mol. The predicted octanol–water partition coefficient (Wildman–Crippen LogP) is -0.268. The summed E-state index contributed by atoms with van der Waals surface area (Å²) in [4.78, 5) is 28.1. The van der Waals surface area contributed by atoms with Crippen LogP contribution >= 0.6 is 0 Å². The number of rotatable bonds is 3. The summed E-state index contributed by atoms with van der Waals surface area (Å²) in [6.07, 6.45) is 7.86. The van der Waals surface area contributed by atoms with Crippen LogP contribution in [-0.2, 0) is 4.79 Å². The van der Waals surface area contributed by atoms with Crippen LogP contribution in [0.1, 0.15) is 5.82 Å². The Morgan fingerprint density at radius 2 is 2.35 bits per heavy atom. The van der Waals surface area contributed by atoms with Crippen molar-refractivity contribution < 1.29 is 14.8 Å². The molecule has 3 heterocycles. The van der Waals surface area contributed by atoms with E-state index in [-0.39, 0.29) is 6.04 Å². The molecule has 0 aliphatic carbocycles. The predicted molar refractivity (Wildman–Crippen MR) is 69.1 cm³/mol. The molecule has 3 amide bonds. The van der Waals surface area contributed by atoms with Crippen molar-refractivity contribution in [1.29, 1.82) is 0 Å². The topological polar surface area (TPSA) is 105 Å². The molecule has 2 aliphatic rings. The van der Waals surface area contributed by atoms with E-state index >= 15 is 0 Å². The summed E-state index contributed by atoms with van der Waals surface area (Å²) in [6.45, 7) is 0.847. The number of carbonyl (C=O) groups excluding carboxylic acids is 2. The smallest absolute Gasteiger partial charge is 0.344 e. The van der Waals surface area contributed by atoms with Crippen LogP contribution in [0, 0.1) is 0 Å². The third kappa shape index (κ3) is 1.95. The molecule has 1 aromatic heterocycles. The Hall–Kier alpha value is -2.61. The normalized spacial score (nSPS) is 21.8. The van der Waals surface area contributed by atoms with Crippen molar-refractivity contribution in [2.45, 2.75) is 6.04 Å². The van der Waals surface area contributed by atoms with Gasteiger partial charge in [0.25, 0.3) is 0 Å². The van der Waals surface area contributed by atoms with Crippen molar-refractivity contribution in [1.82, 2.24) is 19.5 Å². The molecule has 8 heteroatoms. The van der Waals surface area contributed by atoms with Gasteiger partial charge in [-0.3, -0.25) is 10.0 Å². The molecule has 0 aromatic carbocycles. The second-order valence-electron chi connectivity index (χ2n) is 4.62. The summed E-state index contributed by atoms with van der Waals surface area (Å²) >= 11 is 0. The Morgan fingerprint density at radius 1 is 1.55 bits per heavy atom. The van der Waals surface area contributed by atoms with Crippen LogP contribution in [-0.4, -0.2) is 55.8 Å². The van der Waals surface area contributed by atoms with Gasteiger partial charge in [0.15, 0.2) is 0 Å². The second-order valence-corrected chi connectivity index (χ2v) is 4.62. The molecule has 1 atom stereocenters. The molecule has 1 fully saturated rings. The Bertz CT molecular complexity index is 633. The number of imidazole rings is 1. The molecule has 3 rings (SSSR count). The van der Waals surface area contributed by atoms with Crippen molar-refractivity contribution in [2.75, 3.05) is 13.1 Å². The van der Waals surface area contributed by atoms with E-state index in [0.29, 0.717) is 18.9 Å². The maximum atomic E-state index is 11.7. The van der Waals surface area contributed by atoms with Crippen LogP contribution in [0.5, 0.6) is 0 Å². The van der Waals surface area contributed by atoms with Gasteiger partial charge in [-0.2, -0.15) is 5.06 Å². The molecule has 2 bridgehead atoms. The summed E-state index contributed by atoms with van der Waals surface area (Å²) in [5.41, 5.74) is 5.87. The van der Waals surface area contributed by atoms with Gasteiger partial charge in [0, 0.05) is 30.7 Å². The lowest BCUT2D eigenvalue weighted by Gasteiger charge is -2.22. The molecular weight excluding hydrogens is 262 g/mol. The van der Waals surface area contributed by atoms with Gasteiger partial charge in [0.1, 0.15) is 5.82 Å². The first-order valence-electron chi connectivity index (χ1n) is 6.05. The van der Waals surface area contributed by atoms with Gasteiger partial charge in [-0.05, 0) is 12.2 Å². The van der Waals surface area contributed by atoms with Gasteiger partial charge in [0.05, 0.1) is 12.6 Å². The lowest BCUT2D eigenvalue weighted by molar-refractivity contribution is -0.113. The summed E-state index contributed by atoms with van der Waals surface area (Å²) < 4.78 is 1.76. The second kappa shape index (κ2) is 4.49. The zero-order chi connectivity index (χ0) is 14.3. The average Bonchev–Trinajstić information content (AvgIpc) is 2.97. The highest BCUT2D eigenvalue weighted by molar-refractivity contribution is 5.90. The van der Waals surface area contributed by atoms with Crippen LogP contribution in [0.25, 0.3) is 11.8 Å². The van der Waals surface area contributed by atoms with Crippen molar-refractivity contribution in [3.63, 3.8) is 0 Å². The van der Waals surface area contributed by atoms with Crippen molar-refractivity contribution in [3.8, 4) is 0 Å². The number of nitrogens with zero attached hydrogens (tertiary/aromatic N) is 4. The Labute approximate surface area is 114 Å². The molecule has 8 nitrogen and oxygen atoms in total. The number of urea groups is 1. The third-order valence-electron chi connectivity index (χ3n) is 3.30. The highest BCUT2D eigenvalue weighted by Crippen LogP contribution is 2.25. The van der Waals surface area contributed by atoms with E-state index in [4.69, 9.17) is 5.73 Å². The lowest BCUT2D eigenvalue weighted by atomic mass is 10.2. The number of hydroxylamine groups is 2. The van der Waals surface area contributed by atoms with Crippen molar-refractivity contribution in [2.24, 2.45) is 5.73 Å². The van der Waals surface area contributed by atoms with E-state index in [9.17, 15) is 14.8 Å². The third-order valence-corrected chi connectivity index (χ3v) is 3.30. The summed E-state index contributed by atoms with van der Waals surface area (Å²) in [7, 11) is 0. The summed E-state index contributed by atoms with van der Waals surface area (Å²) in [5.74, 6) is -0.0211. The number of carbonyl (C=O) groups is 2. The van der Waals surface area contributed by atoms with E-state index in [1.165, 1.54) is 12.2 Å². The van der Waals surface area contributed by atoms with Crippen molar-refractivity contribution >= 4 is 23.7 Å². The van der Waals surface area contributed by atoms with Gasteiger partial charge in [-0.1, -0.05) is 0 Å². The van der Waals surface area contributed by atoms with Crippen molar-refractivity contribution in [3.05, 3.63) is 30.4 Å². The molecule has 3 N–H and O–H groups in total. The summed E-state index contributed by atoms with van der Waals surface area (Å²) in [5, 5.41) is 10.4. The first-order valence-corrected chi connectivity index (χ1v) is 6.05. The van der Waals surface area contributed by atoms with Crippen LogP contribution in [0.4, 0.5) is 4.79 Å². The maximum absolute atomic E-state index is 11.7. The number of aromatic nitrogens is 2. The quantitative estimate of drug-likeness (QED) is 0.585. The Morgan fingerprint density at radius 3 is 3.05 bits per heavy atom. The molecule has 20 heavy (non-hydrogen) atoms. The fourth-order valence-corrected chi connectivity index (χ4v) is 2.39. The zero-order valence-corrected chi connectivity index (χ0v) is 10.5. The van der Waals surface area contributed by atoms with Crippen LogP contribution < -0.4 is 5.73 Å². The largest absolute Gasteiger partial charge is 0.366 e. The molecule has 1 aromatic rings.